The summed E-state index contributed by atoms with van der Waals surface area (Å²) in [7, 11) is 0. The number of aliphatic hydroxyl groups excluding tert-OH is 1. The van der Waals surface area contributed by atoms with Gasteiger partial charge in [-0.1, -0.05) is 24.3 Å². The molecule has 1 aliphatic rings. The van der Waals surface area contributed by atoms with E-state index in [4.69, 9.17) is 0 Å². The summed E-state index contributed by atoms with van der Waals surface area (Å²) < 4.78 is 13.6. The Hall–Kier alpha value is -2.24. The lowest BCUT2D eigenvalue weighted by molar-refractivity contribution is 0.0888. The fourth-order valence-corrected chi connectivity index (χ4v) is 2.79. The van der Waals surface area contributed by atoms with Gasteiger partial charge in [-0.3, -0.25) is 4.79 Å². The molecule has 3 rings (SSSR count). The molecule has 1 fully saturated rings. The van der Waals surface area contributed by atoms with Gasteiger partial charge in [0.25, 0.3) is 5.91 Å². The Labute approximate surface area is 134 Å². The first kappa shape index (κ1) is 15.6. The van der Waals surface area contributed by atoms with E-state index in [9.17, 15) is 14.3 Å². The van der Waals surface area contributed by atoms with E-state index >= 15 is 0 Å². The van der Waals surface area contributed by atoms with Crippen LogP contribution in [0, 0.1) is 12.7 Å². The van der Waals surface area contributed by atoms with Crippen molar-refractivity contribution in [3.8, 4) is 11.1 Å². The number of benzene rings is 2. The highest BCUT2D eigenvalue weighted by molar-refractivity contribution is 5.95. The minimum Gasteiger partial charge on any atom is -0.390 e. The molecule has 1 heterocycles. The van der Waals surface area contributed by atoms with Crippen molar-refractivity contribution in [2.24, 2.45) is 0 Å². The van der Waals surface area contributed by atoms with Crippen LogP contribution in [0.25, 0.3) is 11.1 Å². The maximum atomic E-state index is 13.6. The molecular formula is C18H19FN2O2. The van der Waals surface area contributed by atoms with E-state index in [-0.39, 0.29) is 17.8 Å². The lowest BCUT2D eigenvalue weighted by Crippen LogP contribution is -2.42. The van der Waals surface area contributed by atoms with E-state index in [2.05, 4.69) is 10.6 Å². The monoisotopic (exact) mass is 314 g/mol. The summed E-state index contributed by atoms with van der Waals surface area (Å²) in [6.07, 6.45) is -0.562. The second-order valence-corrected chi connectivity index (χ2v) is 5.80. The number of carbonyl (C=O) groups is 1. The number of amides is 1. The fourth-order valence-electron chi connectivity index (χ4n) is 2.79. The van der Waals surface area contributed by atoms with Crippen LogP contribution in [0.2, 0.25) is 0 Å². The molecule has 120 valence electrons. The summed E-state index contributed by atoms with van der Waals surface area (Å²) in [4.78, 5) is 12.2. The highest BCUT2D eigenvalue weighted by Crippen LogP contribution is 2.25. The quantitative estimate of drug-likeness (QED) is 0.810. The van der Waals surface area contributed by atoms with Crippen LogP contribution in [0.5, 0.6) is 0 Å². The SMILES string of the molecule is Cc1c(F)cccc1-c1ccc(C(=O)N[C@@H]2CNC[C@H]2O)cc1. The van der Waals surface area contributed by atoms with E-state index in [0.29, 0.717) is 24.2 Å². The van der Waals surface area contributed by atoms with E-state index in [1.165, 1.54) is 6.07 Å². The lowest BCUT2D eigenvalue weighted by atomic mass is 9.99. The highest BCUT2D eigenvalue weighted by atomic mass is 19.1. The van der Waals surface area contributed by atoms with Crippen molar-refractivity contribution in [3.63, 3.8) is 0 Å². The van der Waals surface area contributed by atoms with Crippen molar-refractivity contribution in [1.82, 2.24) is 10.6 Å². The zero-order valence-electron chi connectivity index (χ0n) is 12.8. The smallest absolute Gasteiger partial charge is 0.251 e. The molecule has 2 aromatic rings. The van der Waals surface area contributed by atoms with Crippen LogP contribution in [-0.2, 0) is 0 Å². The van der Waals surface area contributed by atoms with Gasteiger partial charge < -0.3 is 15.7 Å². The molecule has 2 atom stereocenters. The summed E-state index contributed by atoms with van der Waals surface area (Å²) in [5, 5.41) is 15.6. The number of nitrogens with one attached hydrogen (secondary N) is 2. The first-order valence-corrected chi connectivity index (χ1v) is 7.61. The molecule has 3 N–H and O–H groups in total. The first-order chi connectivity index (χ1) is 11.1. The molecule has 0 aromatic heterocycles. The third kappa shape index (κ3) is 3.25. The van der Waals surface area contributed by atoms with Gasteiger partial charge in [-0.25, -0.2) is 4.39 Å². The summed E-state index contributed by atoms with van der Waals surface area (Å²) in [6.45, 7) is 2.79. The van der Waals surface area contributed by atoms with Crippen LogP contribution in [0.3, 0.4) is 0 Å². The molecule has 2 aromatic carbocycles. The third-order valence-corrected chi connectivity index (χ3v) is 4.22. The molecule has 0 unspecified atom stereocenters. The van der Waals surface area contributed by atoms with Crippen molar-refractivity contribution in [1.29, 1.82) is 0 Å². The molecule has 23 heavy (non-hydrogen) atoms. The van der Waals surface area contributed by atoms with Crippen molar-refractivity contribution in [3.05, 3.63) is 59.4 Å². The molecule has 1 aliphatic heterocycles. The lowest BCUT2D eigenvalue weighted by Gasteiger charge is -2.15. The fraction of sp³-hybridized carbons (Fsp3) is 0.278. The standard InChI is InChI=1S/C18H19FN2O2/c1-11-14(3-2-4-15(11)19)12-5-7-13(8-6-12)18(23)21-16-9-20-10-17(16)22/h2-8,16-17,20,22H,9-10H2,1H3,(H,21,23)/t16-,17-/m1/s1. The van der Waals surface area contributed by atoms with Crippen LogP contribution < -0.4 is 10.6 Å². The van der Waals surface area contributed by atoms with Gasteiger partial charge in [-0.15, -0.1) is 0 Å². The van der Waals surface area contributed by atoms with Crippen LogP contribution >= 0.6 is 0 Å². The molecule has 4 nitrogen and oxygen atoms in total. The number of halogens is 1. The molecule has 0 aliphatic carbocycles. The van der Waals surface area contributed by atoms with Gasteiger partial charge in [-0.05, 0) is 41.8 Å². The Kier molecular flexibility index (Phi) is 4.41. The Morgan fingerprint density at radius 1 is 1.22 bits per heavy atom. The number of aliphatic hydroxyl groups is 1. The predicted octanol–water partition coefficient (Wildman–Crippen LogP) is 1.86. The third-order valence-electron chi connectivity index (χ3n) is 4.22. The predicted molar refractivity (Wildman–Crippen MR) is 86.7 cm³/mol. The number of hydrogen-bond donors (Lipinski definition) is 3. The summed E-state index contributed by atoms with van der Waals surface area (Å²) in [5.74, 6) is -0.465. The number of hydrogen-bond acceptors (Lipinski definition) is 3. The van der Waals surface area contributed by atoms with Crippen LogP contribution in [0.1, 0.15) is 15.9 Å². The maximum absolute atomic E-state index is 13.6. The number of rotatable bonds is 3. The molecule has 0 radical (unpaired) electrons. The van der Waals surface area contributed by atoms with E-state index in [1.807, 2.05) is 6.07 Å². The molecule has 0 bridgehead atoms. The average Bonchev–Trinajstić information content (AvgIpc) is 2.95. The first-order valence-electron chi connectivity index (χ1n) is 7.61. The summed E-state index contributed by atoms with van der Waals surface area (Å²) in [5.41, 5.74) is 2.78. The Morgan fingerprint density at radius 3 is 2.61 bits per heavy atom. The molecular weight excluding hydrogens is 295 g/mol. The number of carbonyl (C=O) groups excluding carboxylic acids is 1. The number of β-amino-alcohol motifs (C(OH)–C–C–N with tert-alkyl or cyclic N) is 1. The van der Waals surface area contributed by atoms with E-state index in [1.54, 1.807) is 37.3 Å². The van der Waals surface area contributed by atoms with Crippen LogP contribution in [0.4, 0.5) is 4.39 Å². The van der Waals surface area contributed by atoms with Crippen molar-refractivity contribution in [2.45, 2.75) is 19.1 Å². The molecule has 1 amide bonds. The summed E-state index contributed by atoms with van der Waals surface area (Å²) >= 11 is 0. The van der Waals surface area contributed by atoms with Gasteiger partial charge in [0.15, 0.2) is 0 Å². The van der Waals surface area contributed by atoms with Crippen molar-refractivity contribution < 1.29 is 14.3 Å². The van der Waals surface area contributed by atoms with Gasteiger partial charge in [0, 0.05) is 18.7 Å². The minimum atomic E-state index is -0.562. The maximum Gasteiger partial charge on any atom is 0.251 e. The normalized spacial score (nSPS) is 20.5. The minimum absolute atomic E-state index is 0.222. The van der Waals surface area contributed by atoms with Crippen molar-refractivity contribution in [2.75, 3.05) is 13.1 Å². The van der Waals surface area contributed by atoms with Gasteiger partial charge >= 0.3 is 0 Å². The Morgan fingerprint density at radius 2 is 1.96 bits per heavy atom. The Bertz CT molecular complexity index is 715. The van der Waals surface area contributed by atoms with Crippen molar-refractivity contribution >= 4 is 5.91 Å². The van der Waals surface area contributed by atoms with Gasteiger partial charge in [-0.2, -0.15) is 0 Å². The second-order valence-electron chi connectivity index (χ2n) is 5.80. The highest BCUT2D eigenvalue weighted by Gasteiger charge is 2.26. The average molecular weight is 314 g/mol. The van der Waals surface area contributed by atoms with Gasteiger partial charge in [0.05, 0.1) is 12.1 Å². The molecule has 5 heteroatoms. The second kappa shape index (κ2) is 6.48. The molecule has 0 saturated carbocycles. The van der Waals surface area contributed by atoms with Gasteiger partial charge in [0.1, 0.15) is 5.82 Å². The topological polar surface area (TPSA) is 61.4 Å². The van der Waals surface area contributed by atoms with Gasteiger partial charge in [0.2, 0.25) is 0 Å². The molecule has 1 saturated heterocycles. The zero-order chi connectivity index (χ0) is 16.4. The zero-order valence-corrected chi connectivity index (χ0v) is 12.8. The van der Waals surface area contributed by atoms with Crippen LogP contribution in [0.15, 0.2) is 42.5 Å². The summed E-state index contributed by atoms with van der Waals surface area (Å²) in [6, 6.07) is 11.7. The Balaban J connectivity index is 1.76. The largest absolute Gasteiger partial charge is 0.390 e. The van der Waals surface area contributed by atoms with E-state index < -0.39 is 6.10 Å². The van der Waals surface area contributed by atoms with E-state index in [0.717, 1.165) is 11.1 Å². The van der Waals surface area contributed by atoms with Crippen LogP contribution in [-0.4, -0.2) is 36.2 Å². The molecule has 0 spiro atoms.